The number of carboxylic acids is 1. The Balaban J connectivity index is 0. The summed E-state index contributed by atoms with van der Waals surface area (Å²) in [6, 6.07) is 7.42. The fourth-order valence-corrected chi connectivity index (χ4v) is 2.51. The predicted octanol–water partition coefficient (Wildman–Crippen LogP) is -1.13. The molecule has 0 radical (unpaired) electrons. The van der Waals surface area contributed by atoms with Crippen LogP contribution < -0.4 is 40.2 Å². The molecule has 0 spiro atoms. The minimum atomic E-state index is -1.09. The first-order valence-corrected chi connectivity index (χ1v) is 8.99. The molecule has 0 aliphatic rings. The molecule has 0 heterocycles. The maximum Gasteiger partial charge on any atom is 1.00 e. The summed E-state index contributed by atoms with van der Waals surface area (Å²) in [5, 5.41) is 14.7. The van der Waals surface area contributed by atoms with Gasteiger partial charge in [0.25, 0.3) is 0 Å². The molecule has 0 aromatic heterocycles. The fraction of sp³-hybridized carbons (Fsp3) is 0.550. The van der Waals surface area contributed by atoms with E-state index >= 15 is 0 Å². The van der Waals surface area contributed by atoms with Gasteiger partial charge in [-0.2, -0.15) is 0 Å². The summed E-state index contributed by atoms with van der Waals surface area (Å²) in [6.07, 6.45) is 0.678. The second-order valence-electron chi connectivity index (χ2n) is 7.69. The predicted molar refractivity (Wildman–Crippen MR) is 103 cm³/mol. The molecule has 1 aromatic carbocycles. The summed E-state index contributed by atoms with van der Waals surface area (Å²) >= 11 is 0. The minimum absolute atomic E-state index is 0. The maximum atomic E-state index is 12.6. The molecule has 0 aliphatic carbocycles. The van der Waals surface area contributed by atoms with Crippen molar-refractivity contribution in [1.29, 1.82) is 0 Å². The third kappa shape index (κ3) is 10.8. The van der Waals surface area contributed by atoms with Crippen LogP contribution in [0.4, 0.5) is 0 Å². The molecule has 7 nitrogen and oxygen atoms in total. The molecular formula is C20H31N2NaO5. The molecule has 2 atom stereocenters. The van der Waals surface area contributed by atoms with E-state index in [1.54, 1.807) is 0 Å². The van der Waals surface area contributed by atoms with Crippen LogP contribution in [0.1, 0.15) is 40.6 Å². The van der Waals surface area contributed by atoms with Crippen LogP contribution in [-0.2, 0) is 25.5 Å². The van der Waals surface area contributed by atoms with Gasteiger partial charge < -0.3 is 21.9 Å². The van der Waals surface area contributed by atoms with Crippen molar-refractivity contribution in [2.24, 2.45) is 5.41 Å². The number of carbonyl (C=O) groups excluding carboxylic acids is 2. The maximum absolute atomic E-state index is 12.6. The van der Waals surface area contributed by atoms with Crippen molar-refractivity contribution < 1.29 is 55.2 Å². The summed E-state index contributed by atoms with van der Waals surface area (Å²) in [5.74, 6) is -2.19. The molecule has 152 valence electrons. The minimum Gasteiger partial charge on any atom is -1.00 e. The number of hydrogen-bond acceptors (Lipinski definition) is 5. The van der Waals surface area contributed by atoms with Crippen LogP contribution >= 0.6 is 0 Å². The van der Waals surface area contributed by atoms with Gasteiger partial charge in [-0.05, 0) is 23.9 Å². The van der Waals surface area contributed by atoms with Gasteiger partial charge in [0.1, 0.15) is 6.04 Å². The zero-order valence-corrected chi connectivity index (χ0v) is 19.5. The average Bonchev–Trinajstić information content (AvgIpc) is 2.59. The SMILES string of the molecule is COC(=O)[C@H](Cc1ccccc1)NC(=O)[C@H](CC(=O)O)NCCC(C)(C)C.[H-].[Na+]. The first-order valence-electron chi connectivity index (χ1n) is 8.99. The molecular weight excluding hydrogens is 371 g/mol. The number of aliphatic carboxylic acids is 1. The van der Waals surface area contributed by atoms with Gasteiger partial charge >= 0.3 is 41.5 Å². The Hall–Kier alpha value is -1.41. The van der Waals surface area contributed by atoms with Gasteiger partial charge in [0, 0.05) is 6.42 Å². The van der Waals surface area contributed by atoms with E-state index < -0.39 is 29.9 Å². The van der Waals surface area contributed by atoms with Gasteiger partial charge in [-0.25, -0.2) is 4.79 Å². The van der Waals surface area contributed by atoms with Crippen LogP contribution in [0.5, 0.6) is 0 Å². The van der Waals surface area contributed by atoms with Gasteiger partial charge in [0.05, 0.1) is 19.6 Å². The van der Waals surface area contributed by atoms with Crippen molar-refractivity contribution in [3.63, 3.8) is 0 Å². The van der Waals surface area contributed by atoms with E-state index in [0.29, 0.717) is 6.54 Å². The normalized spacial score (nSPS) is 13.0. The van der Waals surface area contributed by atoms with Gasteiger partial charge in [-0.3, -0.25) is 9.59 Å². The van der Waals surface area contributed by atoms with Crippen molar-refractivity contribution in [1.82, 2.24) is 10.6 Å². The molecule has 0 unspecified atom stereocenters. The largest absolute Gasteiger partial charge is 1.00 e. The second kappa shape index (κ2) is 12.9. The smallest absolute Gasteiger partial charge is 1.00 e. The topological polar surface area (TPSA) is 105 Å². The van der Waals surface area contributed by atoms with Crippen LogP contribution in [0, 0.1) is 5.41 Å². The van der Waals surface area contributed by atoms with Gasteiger partial charge in [0.15, 0.2) is 0 Å². The summed E-state index contributed by atoms with van der Waals surface area (Å²) in [4.78, 5) is 35.8. The van der Waals surface area contributed by atoms with Gasteiger partial charge in [0.2, 0.25) is 5.91 Å². The second-order valence-corrected chi connectivity index (χ2v) is 7.69. The molecule has 1 rings (SSSR count). The molecule has 0 bridgehead atoms. The Kier molecular flexibility index (Phi) is 12.3. The Labute approximate surface area is 190 Å². The number of methoxy groups -OCH3 is 1. The zero-order chi connectivity index (χ0) is 20.4. The van der Waals surface area contributed by atoms with E-state index in [2.05, 4.69) is 31.4 Å². The molecule has 3 N–H and O–H groups in total. The van der Waals surface area contributed by atoms with Crippen molar-refractivity contribution in [2.75, 3.05) is 13.7 Å². The number of benzene rings is 1. The molecule has 1 aromatic rings. The van der Waals surface area contributed by atoms with E-state index in [-0.39, 0.29) is 49.2 Å². The summed E-state index contributed by atoms with van der Waals surface area (Å²) < 4.78 is 4.78. The Morgan fingerprint density at radius 2 is 1.75 bits per heavy atom. The van der Waals surface area contributed by atoms with E-state index in [4.69, 9.17) is 9.84 Å². The number of nitrogens with one attached hydrogen (secondary N) is 2. The molecule has 28 heavy (non-hydrogen) atoms. The number of esters is 1. The summed E-state index contributed by atoms with van der Waals surface area (Å²) in [7, 11) is 1.25. The Morgan fingerprint density at radius 1 is 1.14 bits per heavy atom. The molecule has 0 saturated carbocycles. The average molecular weight is 402 g/mol. The number of carboxylic acid groups (broad SMARTS) is 1. The first kappa shape index (κ1) is 26.6. The van der Waals surface area contributed by atoms with E-state index in [0.717, 1.165) is 12.0 Å². The number of carbonyl (C=O) groups is 3. The number of ether oxygens (including phenoxy) is 1. The van der Waals surface area contributed by atoms with E-state index in [1.807, 2.05) is 30.3 Å². The summed E-state index contributed by atoms with van der Waals surface area (Å²) in [5.41, 5.74) is 0.919. The standard InChI is InChI=1S/C20H30N2O5.Na.H/c1-20(2,3)10-11-21-15(13-17(23)24)18(25)22-16(19(26)27-4)12-14-8-6-5-7-9-14;;/h5-9,15-16,21H,10-13H2,1-4H3,(H,22,25)(H,23,24);;/q;+1;-1/t15-,16-;;/m0../s1. The van der Waals surface area contributed by atoms with E-state index in [1.165, 1.54) is 7.11 Å². The first-order chi connectivity index (χ1) is 12.6. The van der Waals surface area contributed by atoms with Crippen LogP contribution in [0.3, 0.4) is 0 Å². The van der Waals surface area contributed by atoms with Crippen molar-refractivity contribution in [3.8, 4) is 0 Å². The number of hydrogen-bond donors (Lipinski definition) is 3. The fourth-order valence-electron chi connectivity index (χ4n) is 2.51. The van der Waals surface area contributed by atoms with Gasteiger partial charge in [-0.1, -0.05) is 51.1 Å². The zero-order valence-electron chi connectivity index (χ0n) is 18.5. The van der Waals surface area contributed by atoms with Crippen LogP contribution in [0.15, 0.2) is 30.3 Å². The van der Waals surface area contributed by atoms with Gasteiger partial charge in [-0.15, -0.1) is 0 Å². The number of amides is 1. The van der Waals surface area contributed by atoms with Crippen LogP contribution in [0.2, 0.25) is 0 Å². The summed E-state index contributed by atoms with van der Waals surface area (Å²) in [6.45, 7) is 6.69. The quantitative estimate of drug-likeness (QED) is 0.338. The number of rotatable bonds is 10. The van der Waals surface area contributed by atoms with Crippen molar-refractivity contribution >= 4 is 17.8 Å². The molecule has 1 amide bonds. The molecule has 0 aliphatic heterocycles. The van der Waals surface area contributed by atoms with Crippen LogP contribution in [-0.4, -0.2) is 48.7 Å². The Morgan fingerprint density at radius 3 is 2.25 bits per heavy atom. The molecule has 0 saturated heterocycles. The molecule has 8 heteroatoms. The third-order valence-electron chi connectivity index (χ3n) is 4.05. The van der Waals surface area contributed by atoms with E-state index in [9.17, 15) is 14.4 Å². The van der Waals surface area contributed by atoms with Crippen molar-refractivity contribution in [3.05, 3.63) is 35.9 Å². The monoisotopic (exact) mass is 402 g/mol. The molecule has 0 fully saturated rings. The van der Waals surface area contributed by atoms with Crippen molar-refractivity contribution in [2.45, 2.75) is 52.1 Å². The Bertz CT molecular complexity index is 638. The van der Waals surface area contributed by atoms with Crippen LogP contribution in [0.25, 0.3) is 0 Å². The third-order valence-corrected chi connectivity index (χ3v) is 4.05.